The second-order valence-corrected chi connectivity index (χ2v) is 7.82. The molecule has 3 rings (SSSR count). The van der Waals surface area contributed by atoms with Crippen molar-refractivity contribution in [1.29, 1.82) is 0 Å². The predicted octanol–water partition coefficient (Wildman–Crippen LogP) is 2.20. The Morgan fingerprint density at radius 2 is 1.88 bits per heavy atom. The Bertz CT molecular complexity index is 979. The minimum atomic E-state index is -3.56. The zero-order valence-electron chi connectivity index (χ0n) is 14.7. The molecule has 0 unspecified atom stereocenters. The van der Waals surface area contributed by atoms with Gasteiger partial charge in [-0.05, 0) is 60.8 Å². The van der Waals surface area contributed by atoms with Crippen molar-refractivity contribution in [1.82, 2.24) is 9.71 Å². The summed E-state index contributed by atoms with van der Waals surface area (Å²) in [4.78, 5) is 3.41. The van der Waals surface area contributed by atoms with Crippen LogP contribution >= 0.6 is 0 Å². The van der Waals surface area contributed by atoms with E-state index in [-0.39, 0.29) is 4.90 Å². The molecular weight excluding hydrogens is 350 g/mol. The molecule has 0 atom stereocenters. The molecule has 26 heavy (non-hydrogen) atoms. The van der Waals surface area contributed by atoms with Gasteiger partial charge in [-0.2, -0.15) is 0 Å². The maximum atomic E-state index is 12.6. The average molecular weight is 373 g/mol. The second kappa shape index (κ2) is 7.90. The van der Waals surface area contributed by atoms with Gasteiger partial charge in [0.2, 0.25) is 10.0 Å². The lowest BCUT2D eigenvalue weighted by atomic mass is 10.1. The summed E-state index contributed by atoms with van der Waals surface area (Å²) >= 11 is 0. The zero-order chi connectivity index (χ0) is 18.6. The molecule has 0 saturated heterocycles. The van der Waals surface area contributed by atoms with Crippen molar-refractivity contribution in [2.24, 2.45) is 5.73 Å². The molecule has 0 bridgehead atoms. The highest BCUT2D eigenvalue weighted by atomic mass is 32.2. The van der Waals surface area contributed by atoms with Crippen molar-refractivity contribution in [2.45, 2.75) is 17.7 Å². The van der Waals surface area contributed by atoms with Crippen LogP contribution in [0.15, 0.2) is 53.6 Å². The van der Waals surface area contributed by atoms with E-state index in [9.17, 15) is 8.42 Å². The number of aromatic amines is 1. The number of nitrogens with two attached hydrogens (primary N) is 1. The lowest BCUT2D eigenvalue weighted by Crippen LogP contribution is -2.26. The minimum absolute atomic E-state index is 0.262. The smallest absolute Gasteiger partial charge is 0.240 e. The maximum absolute atomic E-state index is 12.6. The number of benzene rings is 2. The Kier molecular flexibility index (Phi) is 5.61. The molecule has 138 valence electrons. The Morgan fingerprint density at radius 1 is 1.12 bits per heavy atom. The van der Waals surface area contributed by atoms with Crippen molar-refractivity contribution >= 4 is 20.9 Å². The van der Waals surface area contributed by atoms with Crippen LogP contribution < -0.4 is 15.2 Å². The van der Waals surface area contributed by atoms with Gasteiger partial charge in [-0.25, -0.2) is 13.1 Å². The van der Waals surface area contributed by atoms with E-state index < -0.39 is 10.0 Å². The number of hydrogen-bond donors (Lipinski definition) is 3. The third kappa shape index (κ3) is 4.07. The standard InChI is InChI=1S/C19H23N3O3S/c1-25-16-4-2-14(3-5-16)9-11-22-26(23,24)17-6-7-19-18(12-17)15(8-10-20)13-21-19/h2-7,12-13,21-22H,8-11,20H2,1H3. The van der Waals surface area contributed by atoms with Crippen molar-refractivity contribution in [3.63, 3.8) is 0 Å². The number of fused-ring (bicyclic) bond motifs is 1. The molecule has 0 aliphatic heterocycles. The minimum Gasteiger partial charge on any atom is -0.497 e. The van der Waals surface area contributed by atoms with Gasteiger partial charge in [0.15, 0.2) is 0 Å². The Balaban J connectivity index is 1.70. The van der Waals surface area contributed by atoms with E-state index in [0.29, 0.717) is 25.9 Å². The van der Waals surface area contributed by atoms with E-state index >= 15 is 0 Å². The van der Waals surface area contributed by atoms with Gasteiger partial charge in [-0.1, -0.05) is 12.1 Å². The summed E-state index contributed by atoms with van der Waals surface area (Å²) in [5.41, 5.74) is 8.60. The average Bonchev–Trinajstić information content (AvgIpc) is 3.05. The summed E-state index contributed by atoms with van der Waals surface area (Å²) in [5, 5.41) is 0.897. The number of nitrogens with one attached hydrogen (secondary N) is 2. The van der Waals surface area contributed by atoms with Gasteiger partial charge in [0.05, 0.1) is 12.0 Å². The molecule has 0 amide bonds. The highest BCUT2D eigenvalue weighted by Crippen LogP contribution is 2.22. The van der Waals surface area contributed by atoms with E-state index in [1.165, 1.54) is 0 Å². The second-order valence-electron chi connectivity index (χ2n) is 6.06. The number of ether oxygens (including phenoxy) is 1. The number of aromatic nitrogens is 1. The first-order chi connectivity index (χ1) is 12.5. The number of hydrogen-bond acceptors (Lipinski definition) is 4. The largest absolute Gasteiger partial charge is 0.497 e. The molecule has 3 aromatic rings. The maximum Gasteiger partial charge on any atom is 0.240 e. The van der Waals surface area contributed by atoms with Gasteiger partial charge < -0.3 is 15.5 Å². The van der Waals surface area contributed by atoms with Crippen molar-refractivity contribution in [2.75, 3.05) is 20.2 Å². The van der Waals surface area contributed by atoms with Crippen molar-refractivity contribution in [3.8, 4) is 5.75 Å². The summed E-state index contributed by atoms with van der Waals surface area (Å²) in [6.07, 6.45) is 3.19. The summed E-state index contributed by atoms with van der Waals surface area (Å²) in [5.74, 6) is 0.780. The highest BCUT2D eigenvalue weighted by molar-refractivity contribution is 7.89. The van der Waals surface area contributed by atoms with Gasteiger partial charge in [0.1, 0.15) is 5.75 Å². The fraction of sp³-hybridized carbons (Fsp3) is 0.263. The van der Waals surface area contributed by atoms with Crippen molar-refractivity contribution < 1.29 is 13.2 Å². The third-order valence-electron chi connectivity index (χ3n) is 4.33. The number of rotatable bonds is 8. The molecule has 6 nitrogen and oxygen atoms in total. The molecule has 0 saturated carbocycles. The van der Waals surface area contributed by atoms with Crippen LogP contribution in [-0.4, -0.2) is 33.6 Å². The van der Waals surface area contributed by atoms with E-state index in [1.807, 2.05) is 30.5 Å². The summed E-state index contributed by atoms with van der Waals surface area (Å²) in [6.45, 7) is 0.847. The van der Waals surface area contributed by atoms with Crippen LogP contribution in [0.4, 0.5) is 0 Å². The molecular formula is C19H23N3O3S. The zero-order valence-corrected chi connectivity index (χ0v) is 15.5. The number of H-pyrrole nitrogens is 1. The Morgan fingerprint density at radius 3 is 2.58 bits per heavy atom. The first-order valence-electron chi connectivity index (χ1n) is 8.46. The molecule has 0 spiro atoms. The van der Waals surface area contributed by atoms with Crippen LogP contribution in [0.1, 0.15) is 11.1 Å². The molecule has 0 aliphatic carbocycles. The topological polar surface area (TPSA) is 97.2 Å². The van der Waals surface area contributed by atoms with Crippen LogP contribution in [0, 0.1) is 0 Å². The Labute approximate surface area is 153 Å². The summed E-state index contributed by atoms with van der Waals surface area (Å²) in [6, 6.07) is 12.7. The lowest BCUT2D eigenvalue weighted by molar-refractivity contribution is 0.414. The SMILES string of the molecule is COc1ccc(CCNS(=O)(=O)c2ccc3[nH]cc(CCN)c3c2)cc1. The fourth-order valence-corrected chi connectivity index (χ4v) is 3.95. The quantitative estimate of drug-likeness (QED) is 0.564. The van der Waals surface area contributed by atoms with Crippen molar-refractivity contribution in [3.05, 3.63) is 59.8 Å². The highest BCUT2D eigenvalue weighted by Gasteiger charge is 2.15. The van der Waals surface area contributed by atoms with E-state index in [0.717, 1.165) is 27.8 Å². The van der Waals surface area contributed by atoms with Crippen LogP contribution in [0.5, 0.6) is 5.75 Å². The van der Waals surface area contributed by atoms with Gasteiger partial charge in [0.25, 0.3) is 0 Å². The van der Waals surface area contributed by atoms with Gasteiger partial charge in [-0.3, -0.25) is 0 Å². The fourth-order valence-electron chi connectivity index (χ4n) is 2.89. The molecule has 0 fully saturated rings. The van der Waals surface area contributed by atoms with Crippen LogP contribution in [0.3, 0.4) is 0 Å². The van der Waals surface area contributed by atoms with Crippen LogP contribution in [0.2, 0.25) is 0 Å². The number of methoxy groups -OCH3 is 1. The Hall–Kier alpha value is -2.35. The summed E-state index contributed by atoms with van der Waals surface area (Å²) in [7, 11) is -1.95. The molecule has 1 heterocycles. The molecule has 4 N–H and O–H groups in total. The molecule has 2 aromatic carbocycles. The van der Waals surface area contributed by atoms with E-state index in [2.05, 4.69) is 9.71 Å². The van der Waals surface area contributed by atoms with Gasteiger partial charge in [0, 0.05) is 23.6 Å². The van der Waals surface area contributed by atoms with Crippen LogP contribution in [0.25, 0.3) is 10.9 Å². The molecule has 0 radical (unpaired) electrons. The monoisotopic (exact) mass is 373 g/mol. The van der Waals surface area contributed by atoms with Crippen LogP contribution in [-0.2, 0) is 22.9 Å². The first-order valence-corrected chi connectivity index (χ1v) is 9.94. The summed E-state index contributed by atoms with van der Waals surface area (Å²) < 4.78 is 33.0. The third-order valence-corrected chi connectivity index (χ3v) is 5.79. The first kappa shape index (κ1) is 18.4. The lowest BCUT2D eigenvalue weighted by Gasteiger charge is -2.08. The normalized spacial score (nSPS) is 11.8. The van der Waals surface area contributed by atoms with Gasteiger partial charge >= 0.3 is 0 Å². The van der Waals surface area contributed by atoms with Gasteiger partial charge in [-0.15, -0.1) is 0 Å². The van der Waals surface area contributed by atoms with E-state index in [1.54, 1.807) is 25.3 Å². The van der Waals surface area contributed by atoms with E-state index in [4.69, 9.17) is 10.5 Å². The molecule has 1 aromatic heterocycles. The molecule has 0 aliphatic rings. The molecule has 7 heteroatoms. The number of sulfonamides is 1. The predicted molar refractivity (Wildman–Crippen MR) is 103 cm³/mol.